The third-order valence-corrected chi connectivity index (χ3v) is 4.55. The van der Waals surface area contributed by atoms with Crippen LogP contribution in [0.3, 0.4) is 0 Å². The van der Waals surface area contributed by atoms with Gasteiger partial charge in [-0.25, -0.2) is 4.79 Å². The zero-order valence-electron chi connectivity index (χ0n) is 12.1. The number of nitrogens with one attached hydrogen (secondary N) is 1. The number of carbonyl (C=O) groups excluding carboxylic acids is 1. The molecule has 0 radical (unpaired) electrons. The van der Waals surface area contributed by atoms with E-state index < -0.39 is 11.4 Å². The van der Waals surface area contributed by atoms with Gasteiger partial charge in [0, 0.05) is 32.3 Å². The molecule has 0 aromatic heterocycles. The highest BCUT2D eigenvalue weighted by Crippen LogP contribution is 2.30. The highest BCUT2D eigenvalue weighted by molar-refractivity contribution is 5.78. The molecule has 2 heterocycles. The quantitative estimate of drug-likeness (QED) is 0.822. The summed E-state index contributed by atoms with van der Waals surface area (Å²) < 4.78 is 5.23. The Kier molecular flexibility index (Phi) is 4.86. The molecule has 114 valence electrons. The van der Waals surface area contributed by atoms with Gasteiger partial charge in [-0.15, -0.1) is 0 Å². The van der Waals surface area contributed by atoms with Gasteiger partial charge in [-0.1, -0.05) is 0 Å². The van der Waals surface area contributed by atoms with Crippen molar-refractivity contribution in [3.8, 4) is 0 Å². The number of amides is 2. The van der Waals surface area contributed by atoms with Crippen LogP contribution in [-0.4, -0.2) is 54.4 Å². The van der Waals surface area contributed by atoms with E-state index in [1.807, 2.05) is 11.8 Å². The number of rotatable bonds is 3. The number of hydrogen-bond donors (Lipinski definition) is 2. The average molecular weight is 284 g/mol. The fraction of sp³-hybridized carbons (Fsp3) is 0.857. The lowest BCUT2D eigenvalue weighted by atomic mass is 9.80. The van der Waals surface area contributed by atoms with E-state index in [1.54, 1.807) is 0 Å². The molecule has 1 unspecified atom stereocenters. The number of carbonyl (C=O) groups is 2. The van der Waals surface area contributed by atoms with Crippen LogP contribution in [0.4, 0.5) is 4.79 Å². The number of carboxylic acids is 1. The zero-order valence-corrected chi connectivity index (χ0v) is 12.1. The van der Waals surface area contributed by atoms with E-state index in [9.17, 15) is 14.7 Å². The molecule has 6 nitrogen and oxygen atoms in total. The maximum Gasteiger partial charge on any atom is 0.317 e. The smallest absolute Gasteiger partial charge is 0.317 e. The Morgan fingerprint density at radius 2 is 2.05 bits per heavy atom. The zero-order chi connectivity index (χ0) is 14.6. The normalized spacial score (nSPS) is 26.1. The van der Waals surface area contributed by atoms with Crippen LogP contribution in [0.2, 0.25) is 0 Å². The summed E-state index contributed by atoms with van der Waals surface area (Å²) in [6.45, 7) is 3.88. The first-order chi connectivity index (χ1) is 9.55. The molecule has 0 aliphatic carbocycles. The second-order valence-electron chi connectivity index (χ2n) is 5.89. The number of likely N-dealkylation sites (tertiary alicyclic amines) is 1. The van der Waals surface area contributed by atoms with E-state index in [1.165, 1.54) is 0 Å². The Bertz CT molecular complexity index is 366. The molecule has 0 aromatic rings. The third-order valence-electron chi connectivity index (χ3n) is 4.55. The number of urea groups is 1. The van der Waals surface area contributed by atoms with Crippen molar-refractivity contribution in [2.45, 2.75) is 45.1 Å². The van der Waals surface area contributed by atoms with Crippen LogP contribution in [0.25, 0.3) is 0 Å². The van der Waals surface area contributed by atoms with Gasteiger partial charge in [0.1, 0.15) is 0 Å². The third kappa shape index (κ3) is 3.23. The topological polar surface area (TPSA) is 78.9 Å². The van der Waals surface area contributed by atoms with Crippen LogP contribution in [0, 0.1) is 5.41 Å². The summed E-state index contributed by atoms with van der Waals surface area (Å²) in [5.41, 5.74) is -0.868. The van der Waals surface area contributed by atoms with Crippen molar-refractivity contribution in [2.24, 2.45) is 5.41 Å². The largest absolute Gasteiger partial charge is 0.481 e. The van der Waals surface area contributed by atoms with Crippen molar-refractivity contribution in [1.82, 2.24) is 10.2 Å². The van der Waals surface area contributed by atoms with Crippen molar-refractivity contribution in [3.05, 3.63) is 0 Å². The van der Waals surface area contributed by atoms with Crippen molar-refractivity contribution < 1.29 is 19.4 Å². The predicted molar refractivity (Wildman–Crippen MR) is 73.5 cm³/mol. The number of ether oxygens (including phenoxy) is 1. The van der Waals surface area contributed by atoms with Crippen molar-refractivity contribution >= 4 is 12.0 Å². The summed E-state index contributed by atoms with van der Waals surface area (Å²) >= 11 is 0. The number of hydrogen-bond acceptors (Lipinski definition) is 3. The summed E-state index contributed by atoms with van der Waals surface area (Å²) in [6, 6.07) is 0.100. The predicted octanol–water partition coefficient (Wildman–Crippen LogP) is 1.45. The molecule has 2 fully saturated rings. The van der Waals surface area contributed by atoms with Gasteiger partial charge in [-0.3, -0.25) is 4.79 Å². The molecule has 1 atom stereocenters. The summed E-state index contributed by atoms with van der Waals surface area (Å²) in [6.07, 6.45) is 4.11. The van der Waals surface area contributed by atoms with Crippen molar-refractivity contribution in [2.75, 3.05) is 26.3 Å². The number of carboxylic acid groups (broad SMARTS) is 1. The molecular formula is C14H24N2O4. The summed E-state index contributed by atoms with van der Waals surface area (Å²) in [4.78, 5) is 25.5. The molecule has 0 spiro atoms. The molecule has 0 aromatic carbocycles. The van der Waals surface area contributed by atoms with E-state index >= 15 is 0 Å². The Morgan fingerprint density at radius 3 is 2.65 bits per heavy atom. The summed E-state index contributed by atoms with van der Waals surface area (Å²) in [5, 5.41) is 12.3. The number of aliphatic carboxylic acids is 1. The van der Waals surface area contributed by atoms with Gasteiger partial charge in [0.15, 0.2) is 0 Å². The van der Waals surface area contributed by atoms with Crippen molar-refractivity contribution in [1.29, 1.82) is 0 Å². The second-order valence-corrected chi connectivity index (χ2v) is 5.89. The highest BCUT2D eigenvalue weighted by atomic mass is 16.5. The van der Waals surface area contributed by atoms with E-state index in [-0.39, 0.29) is 18.6 Å². The molecule has 2 saturated heterocycles. The monoisotopic (exact) mass is 284 g/mol. The van der Waals surface area contributed by atoms with Gasteiger partial charge >= 0.3 is 12.0 Å². The first-order valence-corrected chi connectivity index (χ1v) is 7.41. The van der Waals surface area contributed by atoms with Gasteiger partial charge in [-0.05, 0) is 39.0 Å². The minimum Gasteiger partial charge on any atom is -0.481 e. The maximum absolute atomic E-state index is 12.2. The molecule has 2 N–H and O–H groups in total. The minimum atomic E-state index is -0.868. The van der Waals surface area contributed by atoms with Crippen LogP contribution < -0.4 is 5.32 Å². The lowest BCUT2D eigenvalue weighted by molar-refractivity contribution is -0.154. The Balaban J connectivity index is 1.91. The fourth-order valence-corrected chi connectivity index (χ4v) is 2.97. The minimum absolute atomic E-state index is 0.135. The molecule has 6 heteroatoms. The fourth-order valence-electron chi connectivity index (χ4n) is 2.97. The second kappa shape index (κ2) is 6.43. The SMILES string of the molecule is CC1CCCCN1C(=O)NCC1(C(=O)O)CCOCC1. The van der Waals surface area contributed by atoms with Gasteiger partial charge in [0.05, 0.1) is 5.41 Å². The van der Waals surface area contributed by atoms with Gasteiger partial charge < -0.3 is 20.1 Å². The summed E-state index contributed by atoms with van der Waals surface area (Å²) in [7, 11) is 0. The van der Waals surface area contributed by atoms with Crippen LogP contribution in [0.5, 0.6) is 0 Å². The maximum atomic E-state index is 12.2. The Morgan fingerprint density at radius 1 is 1.35 bits per heavy atom. The summed E-state index contributed by atoms with van der Waals surface area (Å²) in [5.74, 6) is -0.840. The molecule has 0 bridgehead atoms. The van der Waals surface area contributed by atoms with Gasteiger partial charge in [0.2, 0.25) is 0 Å². The molecule has 2 aliphatic rings. The van der Waals surface area contributed by atoms with E-state index in [0.29, 0.717) is 26.1 Å². The van der Waals surface area contributed by atoms with Crippen molar-refractivity contribution in [3.63, 3.8) is 0 Å². The first kappa shape index (κ1) is 15.1. The molecule has 2 aliphatic heterocycles. The van der Waals surface area contributed by atoms with E-state index in [4.69, 9.17) is 4.74 Å². The van der Waals surface area contributed by atoms with Crippen LogP contribution in [-0.2, 0) is 9.53 Å². The standard InChI is InChI=1S/C14H24N2O4/c1-11-4-2-3-7-16(11)13(19)15-10-14(12(17)18)5-8-20-9-6-14/h11H,2-10H2,1H3,(H,15,19)(H,17,18). The number of piperidine rings is 1. The van der Waals surface area contributed by atoms with Crippen LogP contribution >= 0.6 is 0 Å². The van der Waals surface area contributed by atoms with Gasteiger partial charge in [-0.2, -0.15) is 0 Å². The molecule has 2 amide bonds. The average Bonchev–Trinajstić information content (AvgIpc) is 2.46. The van der Waals surface area contributed by atoms with Crippen LogP contribution in [0.1, 0.15) is 39.0 Å². The molecular weight excluding hydrogens is 260 g/mol. The van der Waals surface area contributed by atoms with Crippen LogP contribution in [0.15, 0.2) is 0 Å². The highest BCUT2D eigenvalue weighted by Gasteiger charge is 2.41. The first-order valence-electron chi connectivity index (χ1n) is 7.41. The lowest BCUT2D eigenvalue weighted by Crippen LogP contribution is -2.52. The lowest BCUT2D eigenvalue weighted by Gasteiger charge is -2.36. The van der Waals surface area contributed by atoms with E-state index in [2.05, 4.69) is 5.32 Å². The number of nitrogens with zero attached hydrogens (tertiary/aromatic N) is 1. The Hall–Kier alpha value is -1.30. The Labute approximate surface area is 119 Å². The molecule has 20 heavy (non-hydrogen) atoms. The molecule has 2 rings (SSSR count). The van der Waals surface area contributed by atoms with E-state index in [0.717, 1.165) is 25.8 Å². The molecule has 0 saturated carbocycles. The van der Waals surface area contributed by atoms with Gasteiger partial charge in [0.25, 0.3) is 0 Å².